The van der Waals surface area contributed by atoms with Crippen molar-refractivity contribution in [2.45, 2.75) is 26.8 Å². The van der Waals surface area contributed by atoms with Crippen molar-refractivity contribution < 1.29 is 24.3 Å². The van der Waals surface area contributed by atoms with Crippen LogP contribution in [0.3, 0.4) is 0 Å². The Bertz CT molecular complexity index is 838. The quantitative estimate of drug-likeness (QED) is 0.608. The third-order valence-electron chi connectivity index (χ3n) is 5.27. The maximum Gasteiger partial charge on any atom is 0.279 e. The standard InChI is InChI=1S/C24H33N3O4/c1-4-30-22-16-21(27-11-13-29-14-12-27)23(31-5-2)15-20(22)26-24(28)17-25-18(3)19-9-7-6-8-10-19/h6-10,15-16,18,25H,4-5,11-14,17H2,1-3H3,(H,26,28)/p+1/t18-/m1/s1. The molecule has 1 aliphatic heterocycles. The summed E-state index contributed by atoms with van der Waals surface area (Å²) in [5, 5.41) is 5.04. The molecule has 1 atom stereocenters. The highest BCUT2D eigenvalue weighted by atomic mass is 16.5. The van der Waals surface area contributed by atoms with Gasteiger partial charge < -0.3 is 29.7 Å². The molecule has 3 rings (SSSR count). The number of ether oxygens (including phenoxy) is 3. The molecule has 0 saturated carbocycles. The van der Waals surface area contributed by atoms with Crippen LogP contribution in [0, 0.1) is 0 Å². The second-order valence-corrected chi connectivity index (χ2v) is 7.47. The first-order valence-electron chi connectivity index (χ1n) is 11.1. The molecule has 0 unspecified atom stereocenters. The number of nitrogens with two attached hydrogens (primary N) is 1. The van der Waals surface area contributed by atoms with Crippen molar-refractivity contribution in [1.29, 1.82) is 0 Å². The molecule has 0 radical (unpaired) electrons. The molecular weight excluding hydrogens is 394 g/mol. The summed E-state index contributed by atoms with van der Waals surface area (Å²) in [5.41, 5.74) is 2.79. The van der Waals surface area contributed by atoms with Gasteiger partial charge in [0.1, 0.15) is 17.5 Å². The number of anilines is 2. The average Bonchev–Trinajstić information content (AvgIpc) is 2.80. The summed E-state index contributed by atoms with van der Waals surface area (Å²) in [6, 6.07) is 14.2. The van der Waals surface area contributed by atoms with E-state index in [0.29, 0.717) is 44.4 Å². The molecule has 2 aromatic rings. The van der Waals surface area contributed by atoms with E-state index in [9.17, 15) is 4.79 Å². The number of nitrogens with one attached hydrogen (secondary N) is 1. The molecule has 7 heteroatoms. The normalized spacial score (nSPS) is 14.7. The Morgan fingerprint density at radius 3 is 2.45 bits per heavy atom. The number of morpholine rings is 1. The van der Waals surface area contributed by atoms with Crippen LogP contribution < -0.4 is 25.0 Å². The van der Waals surface area contributed by atoms with Gasteiger partial charge in [0.15, 0.2) is 6.54 Å². The number of hydrogen-bond donors (Lipinski definition) is 2. The largest absolute Gasteiger partial charge is 0.492 e. The van der Waals surface area contributed by atoms with Gasteiger partial charge in [-0.15, -0.1) is 0 Å². The third-order valence-corrected chi connectivity index (χ3v) is 5.27. The number of amides is 1. The van der Waals surface area contributed by atoms with Crippen LogP contribution in [0.4, 0.5) is 11.4 Å². The molecule has 1 amide bonds. The van der Waals surface area contributed by atoms with E-state index in [-0.39, 0.29) is 11.9 Å². The van der Waals surface area contributed by atoms with E-state index >= 15 is 0 Å². The van der Waals surface area contributed by atoms with Crippen molar-refractivity contribution in [3.05, 3.63) is 48.0 Å². The minimum Gasteiger partial charge on any atom is -0.492 e. The summed E-state index contributed by atoms with van der Waals surface area (Å²) < 4.78 is 17.2. The van der Waals surface area contributed by atoms with Crippen molar-refractivity contribution >= 4 is 17.3 Å². The second kappa shape index (κ2) is 11.6. The number of carbonyl (C=O) groups excluding carboxylic acids is 1. The van der Waals surface area contributed by atoms with Crippen molar-refractivity contribution in [2.75, 3.05) is 56.3 Å². The predicted molar refractivity (Wildman–Crippen MR) is 122 cm³/mol. The zero-order chi connectivity index (χ0) is 22.1. The molecule has 0 aromatic heterocycles. The van der Waals surface area contributed by atoms with Crippen molar-refractivity contribution in [1.82, 2.24) is 0 Å². The highest BCUT2D eigenvalue weighted by Gasteiger charge is 2.21. The number of carbonyl (C=O) groups is 1. The van der Waals surface area contributed by atoms with Crippen LogP contribution in [-0.4, -0.2) is 52.0 Å². The van der Waals surface area contributed by atoms with E-state index in [1.165, 1.54) is 5.56 Å². The summed E-state index contributed by atoms with van der Waals surface area (Å²) in [4.78, 5) is 14.9. The lowest BCUT2D eigenvalue weighted by atomic mass is 10.1. The van der Waals surface area contributed by atoms with E-state index in [1.54, 1.807) is 0 Å². The molecule has 2 aromatic carbocycles. The Morgan fingerprint density at radius 1 is 1.10 bits per heavy atom. The van der Waals surface area contributed by atoms with Gasteiger partial charge in [-0.2, -0.15) is 0 Å². The van der Waals surface area contributed by atoms with Gasteiger partial charge in [0.25, 0.3) is 5.91 Å². The maximum absolute atomic E-state index is 12.7. The maximum atomic E-state index is 12.7. The Kier molecular flexibility index (Phi) is 8.55. The number of rotatable bonds is 10. The van der Waals surface area contributed by atoms with Crippen LogP contribution in [0.5, 0.6) is 11.5 Å². The minimum absolute atomic E-state index is 0.0784. The molecule has 0 bridgehead atoms. The average molecular weight is 429 g/mol. The van der Waals surface area contributed by atoms with Crippen LogP contribution in [0.1, 0.15) is 32.4 Å². The highest BCUT2D eigenvalue weighted by Crippen LogP contribution is 2.39. The summed E-state index contributed by atoms with van der Waals surface area (Å²) in [6.45, 7) is 10.3. The lowest BCUT2D eigenvalue weighted by Crippen LogP contribution is -2.86. The van der Waals surface area contributed by atoms with Gasteiger partial charge in [-0.05, 0) is 20.8 Å². The number of benzene rings is 2. The first-order chi connectivity index (χ1) is 15.1. The van der Waals surface area contributed by atoms with E-state index < -0.39 is 0 Å². The summed E-state index contributed by atoms with van der Waals surface area (Å²) in [7, 11) is 0. The molecule has 31 heavy (non-hydrogen) atoms. The molecule has 1 aliphatic rings. The zero-order valence-corrected chi connectivity index (χ0v) is 18.7. The van der Waals surface area contributed by atoms with Crippen LogP contribution in [0.2, 0.25) is 0 Å². The first-order valence-corrected chi connectivity index (χ1v) is 11.1. The summed E-state index contributed by atoms with van der Waals surface area (Å²) in [6.07, 6.45) is 0. The van der Waals surface area contributed by atoms with Gasteiger partial charge in [-0.25, -0.2) is 0 Å². The van der Waals surface area contributed by atoms with Gasteiger partial charge in [-0.1, -0.05) is 30.3 Å². The fourth-order valence-electron chi connectivity index (χ4n) is 3.62. The molecule has 168 valence electrons. The molecule has 1 fully saturated rings. The van der Waals surface area contributed by atoms with Gasteiger partial charge in [0.2, 0.25) is 0 Å². The molecule has 1 heterocycles. The topological polar surface area (TPSA) is 76.6 Å². The molecule has 1 saturated heterocycles. The Balaban J connectivity index is 1.73. The van der Waals surface area contributed by atoms with Crippen molar-refractivity contribution in [3.8, 4) is 11.5 Å². The molecule has 0 aliphatic carbocycles. The van der Waals surface area contributed by atoms with E-state index in [2.05, 4.69) is 29.3 Å². The number of nitrogens with zero attached hydrogens (tertiary/aromatic N) is 1. The summed E-state index contributed by atoms with van der Waals surface area (Å²) in [5.74, 6) is 1.31. The van der Waals surface area contributed by atoms with Gasteiger partial charge in [-0.3, -0.25) is 4.79 Å². The van der Waals surface area contributed by atoms with E-state index in [4.69, 9.17) is 14.2 Å². The van der Waals surface area contributed by atoms with Crippen LogP contribution in [0.15, 0.2) is 42.5 Å². The Hall–Kier alpha value is -2.77. The van der Waals surface area contributed by atoms with Gasteiger partial charge in [0, 0.05) is 30.8 Å². The van der Waals surface area contributed by atoms with E-state index in [1.807, 2.05) is 49.5 Å². The third kappa shape index (κ3) is 6.35. The molecule has 3 N–H and O–H groups in total. The second-order valence-electron chi connectivity index (χ2n) is 7.47. The SMILES string of the molecule is CCOc1cc(N2CCOCC2)c(OCC)cc1NC(=O)C[NH2+][C@H](C)c1ccccc1. The number of hydrogen-bond acceptors (Lipinski definition) is 5. The minimum atomic E-state index is -0.0784. The Morgan fingerprint density at radius 2 is 1.77 bits per heavy atom. The Labute approximate surface area is 184 Å². The van der Waals surface area contributed by atoms with Crippen LogP contribution in [0.25, 0.3) is 0 Å². The van der Waals surface area contributed by atoms with Crippen molar-refractivity contribution in [2.24, 2.45) is 0 Å². The van der Waals surface area contributed by atoms with Gasteiger partial charge >= 0.3 is 0 Å². The van der Waals surface area contributed by atoms with Crippen molar-refractivity contribution in [3.63, 3.8) is 0 Å². The lowest BCUT2D eigenvalue weighted by Gasteiger charge is -2.31. The monoisotopic (exact) mass is 428 g/mol. The molecule has 0 spiro atoms. The lowest BCUT2D eigenvalue weighted by molar-refractivity contribution is -0.682. The van der Waals surface area contributed by atoms with Crippen LogP contribution >= 0.6 is 0 Å². The molecular formula is C24H34N3O4+. The van der Waals surface area contributed by atoms with E-state index in [0.717, 1.165) is 24.5 Å². The fourth-order valence-corrected chi connectivity index (χ4v) is 3.62. The highest BCUT2D eigenvalue weighted by molar-refractivity contribution is 5.94. The fraction of sp³-hybridized carbons (Fsp3) is 0.458. The summed E-state index contributed by atoms with van der Waals surface area (Å²) >= 11 is 0. The smallest absolute Gasteiger partial charge is 0.279 e. The predicted octanol–water partition coefficient (Wildman–Crippen LogP) is 2.58. The molecule has 7 nitrogen and oxygen atoms in total. The van der Waals surface area contributed by atoms with Gasteiger partial charge in [0.05, 0.1) is 37.8 Å². The zero-order valence-electron chi connectivity index (χ0n) is 18.7. The van der Waals surface area contributed by atoms with Crippen LogP contribution in [-0.2, 0) is 9.53 Å². The number of quaternary nitrogens is 1. The first kappa shape index (κ1) is 22.9.